The van der Waals surface area contributed by atoms with Gasteiger partial charge in [-0.3, -0.25) is 0 Å². The zero-order valence-electron chi connectivity index (χ0n) is 6.18. The van der Waals surface area contributed by atoms with Crippen molar-refractivity contribution in [1.82, 2.24) is 9.97 Å². The van der Waals surface area contributed by atoms with E-state index in [1.165, 1.54) is 6.92 Å². The maximum absolute atomic E-state index is 10.0. The predicted molar refractivity (Wildman–Crippen MR) is 37.1 cm³/mol. The highest BCUT2D eigenvalue weighted by Crippen LogP contribution is 2.13. The number of nitrogens with zero attached hydrogens (tertiary/aromatic N) is 2. The van der Waals surface area contributed by atoms with E-state index in [2.05, 4.69) is 14.7 Å². The fourth-order valence-corrected chi connectivity index (χ4v) is 0.667. The molecule has 0 atom stereocenters. The van der Waals surface area contributed by atoms with E-state index < -0.39 is 6.16 Å². The van der Waals surface area contributed by atoms with E-state index in [0.717, 1.165) is 6.07 Å². The highest BCUT2D eigenvalue weighted by Gasteiger charge is 2.04. The summed E-state index contributed by atoms with van der Waals surface area (Å²) in [6.45, 7) is 1.51. The lowest BCUT2D eigenvalue weighted by molar-refractivity contribution is 0.142. The van der Waals surface area contributed by atoms with E-state index >= 15 is 0 Å². The van der Waals surface area contributed by atoms with Crippen molar-refractivity contribution in [3.63, 3.8) is 0 Å². The molecule has 64 valence electrons. The van der Waals surface area contributed by atoms with E-state index in [1.54, 1.807) is 0 Å². The highest BCUT2D eigenvalue weighted by molar-refractivity contribution is 5.60. The van der Waals surface area contributed by atoms with Gasteiger partial charge in [-0.05, 0) is 6.92 Å². The monoisotopic (exact) mass is 170 g/mol. The third-order valence-corrected chi connectivity index (χ3v) is 0.993. The highest BCUT2D eigenvalue weighted by atomic mass is 16.7. The van der Waals surface area contributed by atoms with Crippen molar-refractivity contribution in [3.8, 4) is 11.8 Å². The van der Waals surface area contributed by atoms with Crippen LogP contribution in [0.5, 0.6) is 11.8 Å². The van der Waals surface area contributed by atoms with E-state index in [1.807, 2.05) is 0 Å². The molecule has 0 spiro atoms. The Kier molecular flexibility index (Phi) is 2.09. The van der Waals surface area contributed by atoms with Crippen molar-refractivity contribution in [2.24, 2.45) is 0 Å². The third kappa shape index (κ3) is 2.08. The number of aromatic hydroxyl groups is 1. The van der Waals surface area contributed by atoms with Crippen LogP contribution in [0.4, 0.5) is 4.79 Å². The van der Waals surface area contributed by atoms with Crippen molar-refractivity contribution in [1.29, 1.82) is 0 Å². The largest absolute Gasteiger partial charge is 0.512 e. The van der Waals surface area contributed by atoms with Gasteiger partial charge in [-0.25, -0.2) is 4.79 Å². The zero-order valence-corrected chi connectivity index (χ0v) is 6.18. The van der Waals surface area contributed by atoms with Crippen molar-refractivity contribution in [2.75, 3.05) is 0 Å². The second-order valence-corrected chi connectivity index (χ2v) is 1.98. The molecule has 1 aromatic heterocycles. The van der Waals surface area contributed by atoms with Crippen LogP contribution in [-0.4, -0.2) is 26.3 Å². The molecule has 0 amide bonds. The molecule has 0 unspecified atom stereocenters. The van der Waals surface area contributed by atoms with Crippen LogP contribution in [-0.2, 0) is 0 Å². The summed E-state index contributed by atoms with van der Waals surface area (Å²) in [7, 11) is 0. The summed E-state index contributed by atoms with van der Waals surface area (Å²) in [6.07, 6.45) is -1.48. The minimum absolute atomic E-state index is 0.187. The molecule has 0 saturated carbocycles. The quantitative estimate of drug-likeness (QED) is 0.598. The average molecular weight is 170 g/mol. The minimum Gasteiger partial charge on any atom is -0.493 e. The zero-order chi connectivity index (χ0) is 9.14. The molecule has 1 heterocycles. The van der Waals surface area contributed by atoms with Crippen LogP contribution in [0, 0.1) is 6.92 Å². The smallest absolute Gasteiger partial charge is 0.493 e. The lowest BCUT2D eigenvalue weighted by Gasteiger charge is -1.99. The number of aromatic nitrogens is 2. The topological polar surface area (TPSA) is 92.5 Å². The standard InChI is InChI=1S/C6H6N2O4/c1-3-7-4(9)2-5(8-3)12-6(10)11/h2H,1H3,(H,10,11)(H,7,8,9). The first kappa shape index (κ1) is 8.25. The number of carbonyl (C=O) groups is 1. The Morgan fingerprint density at radius 1 is 1.58 bits per heavy atom. The van der Waals surface area contributed by atoms with Gasteiger partial charge in [0, 0.05) is 0 Å². The number of ether oxygens (including phenoxy) is 1. The molecule has 0 aliphatic heterocycles. The summed E-state index contributed by atoms with van der Waals surface area (Å²) in [5, 5.41) is 17.1. The van der Waals surface area contributed by atoms with Gasteiger partial charge in [-0.2, -0.15) is 9.97 Å². The SMILES string of the molecule is Cc1nc(O)cc(OC(=O)O)n1. The summed E-state index contributed by atoms with van der Waals surface area (Å²) in [6, 6.07) is 1.02. The molecule has 0 aliphatic rings. The first-order valence-corrected chi connectivity index (χ1v) is 3.03. The molecular formula is C6H6N2O4. The van der Waals surface area contributed by atoms with E-state index in [0.29, 0.717) is 0 Å². The molecule has 6 heteroatoms. The van der Waals surface area contributed by atoms with Gasteiger partial charge in [-0.1, -0.05) is 0 Å². The summed E-state index contributed by atoms with van der Waals surface area (Å²) in [5.41, 5.74) is 0. The Bertz CT molecular complexity index is 292. The van der Waals surface area contributed by atoms with Gasteiger partial charge in [0.2, 0.25) is 11.8 Å². The third-order valence-electron chi connectivity index (χ3n) is 0.993. The van der Waals surface area contributed by atoms with Gasteiger partial charge in [0.25, 0.3) is 0 Å². The van der Waals surface area contributed by atoms with Crippen molar-refractivity contribution in [3.05, 3.63) is 11.9 Å². The average Bonchev–Trinajstić information content (AvgIpc) is 1.81. The van der Waals surface area contributed by atoms with Crippen LogP contribution in [0.1, 0.15) is 5.82 Å². The second kappa shape index (κ2) is 3.04. The molecule has 2 N–H and O–H groups in total. The Balaban J connectivity index is 2.93. The van der Waals surface area contributed by atoms with Gasteiger partial charge >= 0.3 is 6.16 Å². The number of hydrogen-bond donors (Lipinski definition) is 2. The second-order valence-electron chi connectivity index (χ2n) is 1.98. The van der Waals surface area contributed by atoms with Gasteiger partial charge in [0.05, 0.1) is 6.07 Å². The van der Waals surface area contributed by atoms with Crippen molar-refractivity contribution >= 4 is 6.16 Å². The van der Waals surface area contributed by atoms with Crippen LogP contribution < -0.4 is 4.74 Å². The van der Waals surface area contributed by atoms with Crippen LogP contribution in [0.15, 0.2) is 6.07 Å². The first-order chi connectivity index (χ1) is 5.58. The number of carboxylic acid groups (broad SMARTS) is 1. The lowest BCUT2D eigenvalue weighted by Crippen LogP contribution is -2.05. The predicted octanol–water partition coefficient (Wildman–Crippen LogP) is 0.547. The molecule has 0 bridgehead atoms. The Hall–Kier alpha value is -1.85. The molecule has 0 aromatic carbocycles. The van der Waals surface area contributed by atoms with E-state index in [-0.39, 0.29) is 17.6 Å². The number of aryl methyl sites for hydroxylation is 1. The molecule has 0 fully saturated rings. The fraction of sp³-hybridized carbons (Fsp3) is 0.167. The lowest BCUT2D eigenvalue weighted by atomic mass is 10.5. The fourth-order valence-electron chi connectivity index (χ4n) is 0.667. The molecule has 1 rings (SSSR count). The molecule has 1 aromatic rings. The van der Waals surface area contributed by atoms with Crippen molar-refractivity contribution < 1.29 is 19.7 Å². The van der Waals surface area contributed by atoms with Crippen LogP contribution in [0.25, 0.3) is 0 Å². The number of rotatable bonds is 1. The summed E-state index contributed by atoms with van der Waals surface area (Å²) >= 11 is 0. The van der Waals surface area contributed by atoms with Gasteiger partial charge in [0.15, 0.2) is 0 Å². The normalized spacial score (nSPS) is 9.42. The molecule has 0 radical (unpaired) electrons. The molecule has 12 heavy (non-hydrogen) atoms. The molecule has 0 saturated heterocycles. The summed E-state index contributed by atoms with van der Waals surface area (Å²) < 4.78 is 4.18. The van der Waals surface area contributed by atoms with Gasteiger partial charge in [-0.15, -0.1) is 0 Å². The van der Waals surface area contributed by atoms with Crippen LogP contribution >= 0.6 is 0 Å². The summed E-state index contributed by atoms with van der Waals surface area (Å²) in [5.74, 6) is -0.266. The molecule has 0 aliphatic carbocycles. The molecule has 6 nitrogen and oxygen atoms in total. The first-order valence-electron chi connectivity index (χ1n) is 3.03. The molecular weight excluding hydrogens is 164 g/mol. The minimum atomic E-state index is -1.48. The maximum atomic E-state index is 10.0. The van der Waals surface area contributed by atoms with Crippen LogP contribution in [0.3, 0.4) is 0 Å². The van der Waals surface area contributed by atoms with Gasteiger partial charge in [0.1, 0.15) is 5.82 Å². The number of hydrogen-bond acceptors (Lipinski definition) is 5. The van der Waals surface area contributed by atoms with Crippen molar-refractivity contribution in [2.45, 2.75) is 6.92 Å². The van der Waals surface area contributed by atoms with E-state index in [4.69, 9.17) is 10.2 Å². The Labute approximate surface area is 67.5 Å². The Morgan fingerprint density at radius 3 is 2.75 bits per heavy atom. The van der Waals surface area contributed by atoms with Crippen LogP contribution in [0.2, 0.25) is 0 Å². The maximum Gasteiger partial charge on any atom is 0.512 e. The summed E-state index contributed by atoms with van der Waals surface area (Å²) in [4.78, 5) is 17.1. The van der Waals surface area contributed by atoms with Gasteiger partial charge < -0.3 is 14.9 Å². The van der Waals surface area contributed by atoms with E-state index in [9.17, 15) is 4.79 Å². The Morgan fingerprint density at radius 2 is 2.25 bits per heavy atom.